The molecule has 3 rings (SSSR count). The lowest BCUT2D eigenvalue weighted by molar-refractivity contribution is 0.602. The van der Waals surface area contributed by atoms with E-state index >= 15 is 0 Å². The summed E-state index contributed by atoms with van der Waals surface area (Å²) in [6.07, 6.45) is 6.77. The van der Waals surface area contributed by atoms with Crippen LogP contribution in [-0.4, -0.2) is 24.2 Å². The summed E-state index contributed by atoms with van der Waals surface area (Å²) in [4.78, 5) is 4.67. The molecule has 3 aromatic rings. The molecule has 1 aromatic carbocycles. The number of benzene rings is 1. The first-order chi connectivity index (χ1) is 10.4. The molecule has 0 unspecified atom stereocenters. The van der Waals surface area contributed by atoms with E-state index in [1.807, 2.05) is 54.2 Å². The smallest absolute Gasteiger partial charge is 0.176 e. The Hall–Kier alpha value is -2.40. The minimum absolute atomic E-state index is 0.338. The molecule has 22 heavy (non-hydrogen) atoms. The van der Waals surface area contributed by atoms with Crippen LogP contribution in [0, 0.1) is 6.92 Å². The SMILES string of the molecule is Cc1ccnc(-n2ccc(-c3ccccc3S(C)(=O)=O)c2)c1. The molecule has 0 aliphatic rings. The van der Waals surface area contributed by atoms with Crippen LogP contribution in [0.3, 0.4) is 0 Å². The second-order valence-corrected chi connectivity index (χ2v) is 7.25. The van der Waals surface area contributed by atoms with Crippen molar-refractivity contribution in [3.05, 3.63) is 66.6 Å². The van der Waals surface area contributed by atoms with Gasteiger partial charge in [0.15, 0.2) is 9.84 Å². The third kappa shape index (κ3) is 2.80. The number of nitrogens with zero attached hydrogens (tertiary/aromatic N) is 2. The van der Waals surface area contributed by atoms with Crippen LogP contribution < -0.4 is 0 Å². The summed E-state index contributed by atoms with van der Waals surface area (Å²) in [5.74, 6) is 0.808. The van der Waals surface area contributed by atoms with Gasteiger partial charge in [-0.1, -0.05) is 18.2 Å². The molecule has 0 fully saturated rings. The van der Waals surface area contributed by atoms with Gasteiger partial charge in [0, 0.05) is 36.0 Å². The van der Waals surface area contributed by atoms with Crippen LogP contribution in [0.25, 0.3) is 16.9 Å². The van der Waals surface area contributed by atoms with Crippen molar-refractivity contribution in [1.29, 1.82) is 0 Å². The topological polar surface area (TPSA) is 52.0 Å². The number of pyridine rings is 1. The molecule has 4 nitrogen and oxygen atoms in total. The highest BCUT2D eigenvalue weighted by Crippen LogP contribution is 2.28. The summed E-state index contributed by atoms with van der Waals surface area (Å²) in [5.41, 5.74) is 2.68. The minimum atomic E-state index is -3.27. The maximum absolute atomic E-state index is 11.9. The molecule has 2 heterocycles. The van der Waals surface area contributed by atoms with Crippen LogP contribution in [-0.2, 0) is 9.84 Å². The van der Waals surface area contributed by atoms with E-state index in [0.29, 0.717) is 10.5 Å². The molecule has 0 aliphatic heterocycles. The van der Waals surface area contributed by atoms with Crippen LogP contribution in [0.4, 0.5) is 0 Å². The van der Waals surface area contributed by atoms with Crippen molar-refractivity contribution in [3.63, 3.8) is 0 Å². The summed E-state index contributed by atoms with van der Waals surface area (Å²) in [6.45, 7) is 2.01. The molecule has 0 bridgehead atoms. The van der Waals surface area contributed by atoms with Gasteiger partial charge in [-0.25, -0.2) is 13.4 Å². The van der Waals surface area contributed by atoms with E-state index < -0.39 is 9.84 Å². The van der Waals surface area contributed by atoms with Crippen LogP contribution in [0.5, 0.6) is 0 Å². The normalized spacial score (nSPS) is 11.5. The van der Waals surface area contributed by atoms with E-state index in [9.17, 15) is 8.42 Å². The third-order valence-corrected chi connectivity index (χ3v) is 4.61. The molecule has 112 valence electrons. The highest BCUT2D eigenvalue weighted by molar-refractivity contribution is 7.90. The predicted octanol–water partition coefficient (Wildman–Crippen LogP) is 3.25. The molecule has 0 N–H and O–H groups in total. The Morgan fingerprint density at radius 3 is 2.59 bits per heavy atom. The fourth-order valence-corrected chi connectivity index (χ4v) is 3.30. The molecule has 0 saturated heterocycles. The fraction of sp³-hybridized carbons (Fsp3) is 0.118. The molecule has 5 heteroatoms. The van der Waals surface area contributed by atoms with Gasteiger partial charge in [0.1, 0.15) is 5.82 Å². The number of hydrogen-bond donors (Lipinski definition) is 0. The van der Waals surface area contributed by atoms with Crippen molar-refractivity contribution in [1.82, 2.24) is 9.55 Å². The Labute approximate surface area is 130 Å². The summed E-state index contributed by atoms with van der Waals surface area (Å²) >= 11 is 0. The Morgan fingerprint density at radius 1 is 1.09 bits per heavy atom. The van der Waals surface area contributed by atoms with E-state index in [0.717, 1.165) is 16.9 Å². The number of sulfone groups is 1. The van der Waals surface area contributed by atoms with Crippen LogP contribution >= 0.6 is 0 Å². The average Bonchev–Trinajstić information content (AvgIpc) is 2.96. The standard InChI is InChI=1S/C17H16N2O2S/c1-13-7-9-18-17(11-13)19-10-8-14(12-19)15-5-3-4-6-16(15)22(2,20)21/h3-12H,1-2H3. The molecule has 0 aliphatic carbocycles. The fourth-order valence-electron chi connectivity index (χ4n) is 2.39. The quantitative estimate of drug-likeness (QED) is 0.746. The lowest BCUT2D eigenvalue weighted by Crippen LogP contribution is -1.99. The Morgan fingerprint density at radius 2 is 1.86 bits per heavy atom. The second kappa shape index (κ2) is 5.42. The average molecular weight is 312 g/mol. The summed E-state index contributed by atoms with van der Waals surface area (Å²) in [5, 5.41) is 0. The van der Waals surface area contributed by atoms with Gasteiger partial charge in [-0.3, -0.25) is 0 Å². The number of rotatable bonds is 3. The largest absolute Gasteiger partial charge is 0.308 e. The number of aromatic nitrogens is 2. The van der Waals surface area contributed by atoms with Crippen molar-refractivity contribution < 1.29 is 8.42 Å². The van der Waals surface area contributed by atoms with Gasteiger partial charge in [0.2, 0.25) is 0 Å². The van der Waals surface area contributed by atoms with Gasteiger partial charge >= 0.3 is 0 Å². The van der Waals surface area contributed by atoms with Crippen molar-refractivity contribution >= 4 is 9.84 Å². The predicted molar refractivity (Wildman–Crippen MR) is 86.8 cm³/mol. The van der Waals surface area contributed by atoms with Crippen molar-refractivity contribution in [2.75, 3.05) is 6.26 Å². The Bertz CT molecular complexity index is 927. The van der Waals surface area contributed by atoms with E-state index in [1.54, 1.807) is 18.3 Å². The first-order valence-corrected chi connectivity index (χ1v) is 8.75. The Balaban J connectivity index is 2.09. The zero-order valence-electron chi connectivity index (χ0n) is 12.4. The summed E-state index contributed by atoms with van der Waals surface area (Å²) in [6, 6.07) is 12.8. The maximum atomic E-state index is 11.9. The van der Waals surface area contributed by atoms with Crippen molar-refractivity contribution in [2.24, 2.45) is 0 Å². The lowest BCUT2D eigenvalue weighted by Gasteiger charge is -2.06. The third-order valence-electron chi connectivity index (χ3n) is 3.46. The second-order valence-electron chi connectivity index (χ2n) is 5.27. The Kier molecular flexibility index (Phi) is 3.58. The molecule has 2 aromatic heterocycles. The highest BCUT2D eigenvalue weighted by atomic mass is 32.2. The molecule has 0 atom stereocenters. The van der Waals surface area contributed by atoms with E-state index in [2.05, 4.69) is 4.98 Å². The van der Waals surface area contributed by atoms with E-state index in [4.69, 9.17) is 0 Å². The van der Waals surface area contributed by atoms with E-state index in [1.165, 1.54) is 6.26 Å². The van der Waals surface area contributed by atoms with Gasteiger partial charge in [0.05, 0.1) is 4.90 Å². The number of hydrogen-bond acceptors (Lipinski definition) is 3. The monoisotopic (exact) mass is 312 g/mol. The molecule has 0 radical (unpaired) electrons. The molecular formula is C17H16N2O2S. The lowest BCUT2D eigenvalue weighted by atomic mass is 10.1. The highest BCUT2D eigenvalue weighted by Gasteiger charge is 2.14. The molecular weight excluding hydrogens is 296 g/mol. The summed E-state index contributed by atoms with van der Waals surface area (Å²) < 4.78 is 25.7. The first-order valence-electron chi connectivity index (χ1n) is 6.85. The van der Waals surface area contributed by atoms with E-state index in [-0.39, 0.29) is 0 Å². The van der Waals surface area contributed by atoms with Crippen LogP contribution in [0.15, 0.2) is 66.0 Å². The summed E-state index contributed by atoms with van der Waals surface area (Å²) in [7, 11) is -3.27. The minimum Gasteiger partial charge on any atom is -0.308 e. The van der Waals surface area contributed by atoms with Gasteiger partial charge in [-0.05, 0) is 36.8 Å². The van der Waals surface area contributed by atoms with Crippen molar-refractivity contribution in [3.8, 4) is 16.9 Å². The number of aryl methyl sites for hydroxylation is 1. The van der Waals surface area contributed by atoms with Gasteiger partial charge in [-0.2, -0.15) is 0 Å². The molecule has 0 amide bonds. The maximum Gasteiger partial charge on any atom is 0.176 e. The van der Waals surface area contributed by atoms with Crippen LogP contribution in [0.1, 0.15) is 5.56 Å². The molecule has 0 saturated carbocycles. The zero-order chi connectivity index (χ0) is 15.7. The van der Waals surface area contributed by atoms with Gasteiger partial charge in [0.25, 0.3) is 0 Å². The first kappa shape index (κ1) is 14.5. The van der Waals surface area contributed by atoms with Gasteiger partial charge in [-0.15, -0.1) is 0 Å². The van der Waals surface area contributed by atoms with Crippen LogP contribution in [0.2, 0.25) is 0 Å². The van der Waals surface area contributed by atoms with Crippen molar-refractivity contribution in [2.45, 2.75) is 11.8 Å². The zero-order valence-corrected chi connectivity index (χ0v) is 13.2. The molecule has 0 spiro atoms. The van der Waals surface area contributed by atoms with Gasteiger partial charge < -0.3 is 4.57 Å².